The van der Waals surface area contributed by atoms with Crippen molar-refractivity contribution >= 4 is 21.7 Å². The number of hydrogen-bond donors (Lipinski definition) is 2. The molecule has 1 saturated heterocycles. The maximum atomic E-state index is 12.5. The zero-order chi connectivity index (χ0) is 21.4. The minimum Gasteiger partial charge on any atom is -0.497 e. The molecule has 162 valence electrons. The summed E-state index contributed by atoms with van der Waals surface area (Å²) in [5.41, 5.74) is 1.60. The van der Waals surface area contributed by atoms with Crippen LogP contribution in [0.4, 0.5) is 10.5 Å². The highest BCUT2D eigenvalue weighted by atomic mass is 32.2. The van der Waals surface area contributed by atoms with Gasteiger partial charge in [0, 0.05) is 25.3 Å². The summed E-state index contributed by atoms with van der Waals surface area (Å²) < 4.78 is 32.8. The van der Waals surface area contributed by atoms with Crippen molar-refractivity contribution in [2.45, 2.75) is 37.0 Å². The van der Waals surface area contributed by atoms with Crippen molar-refractivity contribution in [1.29, 1.82) is 0 Å². The number of urea groups is 1. The Bertz CT molecular complexity index is 920. The number of carbonyl (C=O) groups excluding carboxylic acids is 1. The number of likely N-dealkylation sites (tertiary alicyclic amines) is 1. The third kappa shape index (κ3) is 6.21. The molecule has 2 N–H and O–H groups in total. The fourth-order valence-corrected chi connectivity index (χ4v) is 4.43. The van der Waals surface area contributed by atoms with Crippen LogP contribution in [-0.4, -0.2) is 46.1 Å². The van der Waals surface area contributed by atoms with Gasteiger partial charge in [-0.25, -0.2) is 17.9 Å². The third-order valence-corrected chi connectivity index (χ3v) is 6.65. The van der Waals surface area contributed by atoms with Crippen molar-refractivity contribution < 1.29 is 17.9 Å². The lowest BCUT2D eigenvalue weighted by Crippen LogP contribution is -2.35. The van der Waals surface area contributed by atoms with Crippen molar-refractivity contribution in [3.8, 4) is 5.75 Å². The van der Waals surface area contributed by atoms with Gasteiger partial charge in [0.2, 0.25) is 10.0 Å². The number of nitrogens with zero attached hydrogens (tertiary/aromatic N) is 1. The van der Waals surface area contributed by atoms with Gasteiger partial charge in [0.25, 0.3) is 0 Å². The smallest absolute Gasteiger partial charge is 0.321 e. The van der Waals surface area contributed by atoms with Gasteiger partial charge in [-0.05, 0) is 61.2 Å². The van der Waals surface area contributed by atoms with Gasteiger partial charge in [-0.2, -0.15) is 0 Å². The third-order valence-electron chi connectivity index (χ3n) is 5.17. The number of anilines is 1. The maximum absolute atomic E-state index is 12.5. The molecule has 7 nitrogen and oxygen atoms in total. The predicted molar refractivity (Wildman–Crippen MR) is 117 cm³/mol. The molecule has 0 saturated carbocycles. The molecule has 0 bridgehead atoms. The second kappa shape index (κ2) is 10.4. The largest absolute Gasteiger partial charge is 0.497 e. The SMILES string of the molecule is COc1ccc(CCNS(=O)(=O)c2ccc(NC(=O)N3CCCCCC3)cc2)cc1. The molecule has 0 aliphatic carbocycles. The molecule has 1 aliphatic heterocycles. The minimum atomic E-state index is -3.61. The summed E-state index contributed by atoms with van der Waals surface area (Å²) in [6.07, 6.45) is 4.93. The topological polar surface area (TPSA) is 87.7 Å². The van der Waals surface area contributed by atoms with E-state index in [4.69, 9.17) is 4.74 Å². The average Bonchev–Trinajstić information content (AvgIpc) is 3.04. The van der Waals surface area contributed by atoms with Crippen LogP contribution >= 0.6 is 0 Å². The zero-order valence-corrected chi connectivity index (χ0v) is 18.1. The van der Waals surface area contributed by atoms with Gasteiger partial charge in [-0.15, -0.1) is 0 Å². The quantitative estimate of drug-likeness (QED) is 0.701. The minimum absolute atomic E-state index is 0.134. The number of sulfonamides is 1. The Morgan fingerprint density at radius 1 is 0.967 bits per heavy atom. The van der Waals surface area contributed by atoms with Crippen LogP contribution in [0.2, 0.25) is 0 Å². The fraction of sp³-hybridized carbons (Fsp3) is 0.409. The van der Waals surface area contributed by atoms with Crippen molar-refractivity contribution in [3.63, 3.8) is 0 Å². The van der Waals surface area contributed by atoms with Crippen LogP contribution in [0.1, 0.15) is 31.2 Å². The van der Waals surface area contributed by atoms with Crippen LogP contribution < -0.4 is 14.8 Å². The fourth-order valence-electron chi connectivity index (χ4n) is 3.40. The Hall–Kier alpha value is -2.58. The summed E-state index contributed by atoms with van der Waals surface area (Å²) in [6, 6.07) is 13.6. The van der Waals surface area contributed by atoms with Crippen molar-refractivity contribution in [2.24, 2.45) is 0 Å². The van der Waals surface area contributed by atoms with Crippen molar-refractivity contribution in [1.82, 2.24) is 9.62 Å². The number of nitrogens with one attached hydrogen (secondary N) is 2. The Morgan fingerprint density at radius 2 is 1.60 bits per heavy atom. The first-order valence-corrected chi connectivity index (χ1v) is 11.7. The van der Waals surface area contributed by atoms with E-state index in [1.165, 1.54) is 12.1 Å². The van der Waals surface area contributed by atoms with Crippen LogP contribution in [0.25, 0.3) is 0 Å². The summed E-state index contributed by atoms with van der Waals surface area (Å²) in [5, 5.41) is 2.85. The van der Waals surface area contributed by atoms with E-state index in [9.17, 15) is 13.2 Å². The van der Waals surface area contributed by atoms with Crippen LogP contribution in [0.5, 0.6) is 5.75 Å². The van der Waals surface area contributed by atoms with E-state index in [1.54, 1.807) is 19.2 Å². The molecular formula is C22H29N3O4S. The summed E-state index contributed by atoms with van der Waals surface area (Å²) >= 11 is 0. The van der Waals surface area contributed by atoms with Gasteiger partial charge >= 0.3 is 6.03 Å². The molecule has 0 atom stereocenters. The summed E-state index contributed by atoms with van der Waals surface area (Å²) in [6.45, 7) is 1.81. The molecule has 0 unspecified atom stereocenters. The monoisotopic (exact) mass is 431 g/mol. The normalized spacial score (nSPS) is 14.8. The van der Waals surface area contributed by atoms with Gasteiger partial charge in [0.05, 0.1) is 12.0 Å². The van der Waals surface area contributed by atoms with Crippen molar-refractivity contribution in [2.75, 3.05) is 32.1 Å². The Morgan fingerprint density at radius 3 is 2.20 bits per heavy atom. The van der Waals surface area contributed by atoms with Gasteiger partial charge < -0.3 is 15.0 Å². The number of rotatable bonds is 7. The summed E-state index contributed by atoms with van der Waals surface area (Å²) in [4.78, 5) is 14.4. The lowest BCUT2D eigenvalue weighted by molar-refractivity contribution is 0.214. The van der Waals surface area contributed by atoms with Crippen LogP contribution in [0.3, 0.4) is 0 Å². The zero-order valence-electron chi connectivity index (χ0n) is 17.3. The first-order valence-electron chi connectivity index (χ1n) is 10.3. The summed E-state index contributed by atoms with van der Waals surface area (Å²) in [7, 11) is -2.01. The van der Waals surface area contributed by atoms with Gasteiger partial charge in [0.1, 0.15) is 5.75 Å². The van der Waals surface area contributed by atoms with E-state index in [1.807, 2.05) is 29.2 Å². The van der Waals surface area contributed by atoms with Crippen molar-refractivity contribution in [3.05, 3.63) is 54.1 Å². The number of carbonyl (C=O) groups is 1. The summed E-state index contributed by atoms with van der Waals surface area (Å²) in [5.74, 6) is 0.766. The first-order chi connectivity index (χ1) is 14.5. The molecule has 0 aromatic heterocycles. The number of amides is 2. The molecular weight excluding hydrogens is 402 g/mol. The predicted octanol–water partition coefficient (Wildman–Crippen LogP) is 3.62. The van der Waals surface area contributed by atoms with E-state index in [0.717, 1.165) is 50.1 Å². The highest BCUT2D eigenvalue weighted by molar-refractivity contribution is 7.89. The van der Waals surface area contributed by atoms with Gasteiger partial charge in [0.15, 0.2) is 0 Å². The van der Waals surface area contributed by atoms with E-state index >= 15 is 0 Å². The first kappa shape index (κ1) is 22.1. The van der Waals surface area contributed by atoms with E-state index in [0.29, 0.717) is 18.7 Å². The van der Waals surface area contributed by atoms with Gasteiger partial charge in [-0.3, -0.25) is 0 Å². The van der Waals surface area contributed by atoms with Gasteiger partial charge in [-0.1, -0.05) is 25.0 Å². The Balaban J connectivity index is 1.52. The average molecular weight is 432 g/mol. The molecule has 1 heterocycles. The number of benzene rings is 2. The number of methoxy groups -OCH3 is 1. The molecule has 3 rings (SSSR count). The standard InChI is InChI=1S/C22H29N3O4S/c1-29-20-10-6-18(7-11-20)14-15-23-30(27,28)21-12-8-19(9-13-21)24-22(26)25-16-4-2-3-5-17-25/h6-13,23H,2-5,14-17H2,1H3,(H,24,26). The second-order valence-electron chi connectivity index (χ2n) is 7.35. The molecule has 2 amide bonds. The molecule has 30 heavy (non-hydrogen) atoms. The highest BCUT2D eigenvalue weighted by Gasteiger charge is 2.17. The molecule has 8 heteroatoms. The Labute approximate surface area is 178 Å². The second-order valence-corrected chi connectivity index (χ2v) is 9.12. The molecule has 0 spiro atoms. The number of hydrogen-bond acceptors (Lipinski definition) is 4. The number of ether oxygens (including phenoxy) is 1. The lowest BCUT2D eigenvalue weighted by atomic mass is 10.1. The van der Waals surface area contributed by atoms with E-state index in [-0.39, 0.29) is 10.9 Å². The maximum Gasteiger partial charge on any atom is 0.321 e. The molecule has 2 aromatic carbocycles. The lowest BCUT2D eigenvalue weighted by Gasteiger charge is -2.20. The van der Waals surface area contributed by atoms with Crippen LogP contribution in [0.15, 0.2) is 53.4 Å². The van der Waals surface area contributed by atoms with Crippen LogP contribution in [-0.2, 0) is 16.4 Å². The molecule has 2 aromatic rings. The van der Waals surface area contributed by atoms with Crippen LogP contribution in [0, 0.1) is 0 Å². The molecule has 1 fully saturated rings. The Kier molecular flexibility index (Phi) is 7.70. The molecule has 0 radical (unpaired) electrons. The van der Waals surface area contributed by atoms with E-state index < -0.39 is 10.0 Å². The highest BCUT2D eigenvalue weighted by Crippen LogP contribution is 2.16. The molecule has 1 aliphatic rings. The van der Waals surface area contributed by atoms with E-state index in [2.05, 4.69) is 10.0 Å².